The molecule has 1 aliphatic carbocycles. The molecule has 31 heavy (non-hydrogen) atoms. The van der Waals surface area contributed by atoms with E-state index in [9.17, 15) is 9.59 Å². The molecule has 5 heteroatoms. The Bertz CT molecular complexity index is 789. The summed E-state index contributed by atoms with van der Waals surface area (Å²) in [6, 6.07) is 3.86. The lowest BCUT2D eigenvalue weighted by Crippen LogP contribution is -2.38. The zero-order chi connectivity index (χ0) is 23.1. The van der Waals surface area contributed by atoms with Crippen LogP contribution in [-0.4, -0.2) is 30.6 Å². The monoisotopic (exact) mass is 429 g/mol. The molecule has 2 rings (SSSR count). The zero-order valence-electron chi connectivity index (χ0n) is 19.9. The first kappa shape index (κ1) is 25.0. The molecule has 1 N–H and O–H groups in total. The van der Waals surface area contributed by atoms with E-state index in [0.29, 0.717) is 19.6 Å². The second-order valence-electron chi connectivity index (χ2n) is 10.2. The van der Waals surface area contributed by atoms with Crippen molar-refractivity contribution < 1.29 is 19.1 Å². The third kappa shape index (κ3) is 8.04. The highest BCUT2D eigenvalue weighted by Gasteiger charge is 2.23. The van der Waals surface area contributed by atoms with Crippen molar-refractivity contribution in [2.45, 2.75) is 85.2 Å². The van der Waals surface area contributed by atoms with Crippen LogP contribution < -0.4 is 10.1 Å². The molecule has 0 radical (unpaired) electrons. The maximum Gasteiger partial charge on any atom is 0.407 e. The van der Waals surface area contributed by atoms with Gasteiger partial charge in [0.1, 0.15) is 11.4 Å². The lowest BCUT2D eigenvalue weighted by Gasteiger charge is -2.26. The predicted octanol–water partition coefficient (Wildman–Crippen LogP) is 6.03. The van der Waals surface area contributed by atoms with Gasteiger partial charge in [0.15, 0.2) is 5.78 Å². The quantitative estimate of drug-likeness (QED) is 0.364. The fraction of sp³-hybridized carbons (Fsp3) is 0.615. The van der Waals surface area contributed by atoms with Crippen molar-refractivity contribution >= 4 is 11.9 Å². The number of ketones is 1. The number of amides is 1. The average molecular weight is 430 g/mol. The number of carbonyl (C=O) groups excluding carboxylic acids is 2. The first-order chi connectivity index (χ1) is 14.5. The Kier molecular flexibility index (Phi) is 8.72. The van der Waals surface area contributed by atoms with Gasteiger partial charge in [0.2, 0.25) is 0 Å². The van der Waals surface area contributed by atoms with Gasteiger partial charge in [-0.15, -0.1) is 6.58 Å². The summed E-state index contributed by atoms with van der Waals surface area (Å²) in [5.41, 5.74) is 2.61. The van der Waals surface area contributed by atoms with Crippen LogP contribution in [0.15, 0.2) is 24.8 Å². The number of fused-ring (bicyclic) bond motifs is 1. The molecule has 0 saturated carbocycles. The molecule has 0 unspecified atom stereocenters. The highest BCUT2D eigenvalue weighted by atomic mass is 16.6. The summed E-state index contributed by atoms with van der Waals surface area (Å²) in [4.78, 5) is 24.1. The van der Waals surface area contributed by atoms with Crippen LogP contribution in [0.1, 0.15) is 88.2 Å². The van der Waals surface area contributed by atoms with Crippen molar-refractivity contribution in [2.75, 3.05) is 13.2 Å². The lowest BCUT2D eigenvalue weighted by atomic mass is 9.86. The van der Waals surface area contributed by atoms with Crippen LogP contribution in [0.2, 0.25) is 0 Å². The second kappa shape index (κ2) is 10.8. The molecule has 1 amide bonds. The molecule has 0 fully saturated rings. The highest BCUT2D eigenvalue weighted by Crippen LogP contribution is 2.32. The number of benzene rings is 1. The SMILES string of the molecule is C=CCc1c(OCCCCC(C)(C)CNC(=O)OC(C)(C)C)ccc2c1CCCC2=O. The highest BCUT2D eigenvalue weighted by molar-refractivity contribution is 5.99. The van der Waals surface area contributed by atoms with E-state index in [1.165, 1.54) is 0 Å². The van der Waals surface area contributed by atoms with E-state index in [1.807, 2.05) is 39.0 Å². The van der Waals surface area contributed by atoms with Crippen LogP contribution in [0.25, 0.3) is 0 Å². The van der Waals surface area contributed by atoms with Gasteiger partial charge in [-0.3, -0.25) is 4.79 Å². The van der Waals surface area contributed by atoms with Crippen molar-refractivity contribution in [1.29, 1.82) is 0 Å². The van der Waals surface area contributed by atoms with Gasteiger partial charge < -0.3 is 14.8 Å². The lowest BCUT2D eigenvalue weighted by molar-refractivity contribution is 0.0503. The van der Waals surface area contributed by atoms with Gasteiger partial charge in [-0.1, -0.05) is 19.9 Å². The summed E-state index contributed by atoms with van der Waals surface area (Å²) in [7, 11) is 0. The molecule has 0 bridgehead atoms. The number of nitrogens with one attached hydrogen (secondary N) is 1. The smallest absolute Gasteiger partial charge is 0.407 e. The largest absolute Gasteiger partial charge is 0.493 e. The minimum absolute atomic E-state index is 0.0168. The van der Waals surface area contributed by atoms with Crippen molar-refractivity contribution in [3.8, 4) is 5.75 Å². The zero-order valence-corrected chi connectivity index (χ0v) is 19.9. The maximum absolute atomic E-state index is 12.2. The van der Waals surface area contributed by atoms with Crippen molar-refractivity contribution in [3.63, 3.8) is 0 Å². The van der Waals surface area contributed by atoms with Gasteiger partial charge >= 0.3 is 6.09 Å². The van der Waals surface area contributed by atoms with E-state index in [1.54, 1.807) is 0 Å². The Morgan fingerprint density at radius 2 is 1.90 bits per heavy atom. The van der Waals surface area contributed by atoms with Gasteiger partial charge in [-0.05, 0) is 82.4 Å². The molecule has 1 aromatic rings. The maximum atomic E-state index is 12.2. The number of carbonyl (C=O) groups is 2. The molecule has 172 valence electrons. The van der Waals surface area contributed by atoms with Gasteiger partial charge in [0, 0.05) is 24.1 Å². The Morgan fingerprint density at radius 3 is 2.58 bits per heavy atom. The van der Waals surface area contributed by atoms with Crippen LogP contribution in [0.3, 0.4) is 0 Å². The number of Topliss-reactive ketones (excluding diaryl/α,β-unsaturated/α-hetero) is 1. The van der Waals surface area contributed by atoms with Gasteiger partial charge in [-0.25, -0.2) is 4.79 Å². The van der Waals surface area contributed by atoms with Crippen molar-refractivity contribution in [2.24, 2.45) is 5.41 Å². The Morgan fingerprint density at radius 1 is 1.16 bits per heavy atom. The molecule has 0 aromatic heterocycles. The minimum Gasteiger partial charge on any atom is -0.493 e. The van der Waals surface area contributed by atoms with E-state index >= 15 is 0 Å². The third-order valence-corrected chi connectivity index (χ3v) is 5.48. The number of hydrogen-bond donors (Lipinski definition) is 1. The molecule has 1 aliphatic rings. The average Bonchev–Trinajstić information content (AvgIpc) is 2.67. The Balaban J connectivity index is 1.81. The first-order valence-electron chi connectivity index (χ1n) is 11.4. The summed E-state index contributed by atoms with van der Waals surface area (Å²) in [5, 5.41) is 2.87. The minimum atomic E-state index is -0.486. The molecular formula is C26H39NO4. The van der Waals surface area contributed by atoms with Crippen LogP contribution in [0.5, 0.6) is 5.75 Å². The normalized spacial score (nSPS) is 14.0. The van der Waals surface area contributed by atoms with Gasteiger partial charge in [-0.2, -0.15) is 0 Å². The van der Waals surface area contributed by atoms with Crippen molar-refractivity contribution in [1.82, 2.24) is 5.32 Å². The summed E-state index contributed by atoms with van der Waals surface area (Å²) < 4.78 is 11.4. The fourth-order valence-electron chi connectivity index (χ4n) is 3.88. The number of hydrogen-bond acceptors (Lipinski definition) is 4. The summed E-state index contributed by atoms with van der Waals surface area (Å²) in [6.07, 6.45) is 7.61. The fourth-order valence-corrected chi connectivity index (χ4v) is 3.88. The Hall–Kier alpha value is -2.30. The molecule has 1 aromatic carbocycles. The van der Waals surface area contributed by atoms with Gasteiger partial charge in [0.25, 0.3) is 0 Å². The molecule has 0 saturated heterocycles. The first-order valence-corrected chi connectivity index (χ1v) is 11.4. The number of allylic oxidation sites excluding steroid dienone is 1. The van der Waals surface area contributed by atoms with Crippen molar-refractivity contribution in [3.05, 3.63) is 41.5 Å². The summed E-state index contributed by atoms with van der Waals surface area (Å²) in [6.45, 7) is 15.0. The number of rotatable bonds is 10. The molecule has 5 nitrogen and oxygen atoms in total. The third-order valence-electron chi connectivity index (χ3n) is 5.48. The van der Waals surface area contributed by atoms with Crippen LogP contribution in [0.4, 0.5) is 4.79 Å². The van der Waals surface area contributed by atoms with E-state index in [4.69, 9.17) is 9.47 Å². The van der Waals surface area contributed by atoms with Crippen LogP contribution in [-0.2, 0) is 17.6 Å². The molecular weight excluding hydrogens is 390 g/mol. The summed E-state index contributed by atoms with van der Waals surface area (Å²) >= 11 is 0. The van der Waals surface area contributed by atoms with Crippen LogP contribution >= 0.6 is 0 Å². The molecule has 0 aliphatic heterocycles. The standard InChI is InChI=1S/C26H39NO4/c1-7-11-21-19-12-10-13-22(28)20(19)14-15-23(21)30-17-9-8-16-26(5,6)18-27-24(29)31-25(2,3)4/h7,14-15H,1,8-13,16-18H2,2-6H3,(H,27,29). The van der Waals surface area contributed by atoms with E-state index in [-0.39, 0.29) is 17.3 Å². The van der Waals surface area contributed by atoms with E-state index < -0.39 is 5.60 Å². The molecule has 0 spiro atoms. The van der Waals surface area contributed by atoms with Gasteiger partial charge in [0.05, 0.1) is 6.61 Å². The van der Waals surface area contributed by atoms with Crippen LogP contribution in [0, 0.1) is 5.41 Å². The molecule has 0 atom stereocenters. The Labute approximate surface area is 187 Å². The topological polar surface area (TPSA) is 64.6 Å². The predicted molar refractivity (Wildman–Crippen MR) is 125 cm³/mol. The summed E-state index contributed by atoms with van der Waals surface area (Å²) in [5.74, 6) is 1.11. The number of ether oxygens (including phenoxy) is 2. The van der Waals surface area contributed by atoms with E-state index in [2.05, 4.69) is 25.7 Å². The second-order valence-corrected chi connectivity index (χ2v) is 10.2. The molecule has 0 heterocycles. The van der Waals surface area contributed by atoms with E-state index in [0.717, 1.165) is 61.0 Å². The number of unbranched alkanes of at least 4 members (excludes halogenated alkanes) is 1. The number of alkyl carbamates (subject to hydrolysis) is 1.